The maximum Gasteiger partial charge on any atom is 0.255 e. The number of hydrogen-bond donors (Lipinski definition) is 4. The Bertz CT molecular complexity index is 1330. The summed E-state index contributed by atoms with van der Waals surface area (Å²) in [5.74, 6) is 5.03. The van der Waals surface area contributed by atoms with Crippen molar-refractivity contribution in [3.8, 4) is 11.8 Å². The van der Waals surface area contributed by atoms with Crippen molar-refractivity contribution in [1.29, 1.82) is 0 Å². The molecule has 0 radical (unpaired) electrons. The van der Waals surface area contributed by atoms with Crippen LogP contribution in [-0.2, 0) is 0 Å². The second-order valence-corrected chi connectivity index (χ2v) is 9.26. The molecule has 3 aromatic rings. The predicted octanol–water partition coefficient (Wildman–Crippen LogP) is 4.71. The Hall–Kier alpha value is -3.79. The summed E-state index contributed by atoms with van der Waals surface area (Å²) in [6, 6.07) is 18.8. The Kier molecular flexibility index (Phi) is 7.11. The fourth-order valence-corrected chi connectivity index (χ4v) is 4.62. The van der Waals surface area contributed by atoms with Crippen LogP contribution in [-0.4, -0.2) is 22.5 Å². The molecule has 0 saturated heterocycles. The summed E-state index contributed by atoms with van der Waals surface area (Å²) in [5, 5.41) is 14.7. The second kappa shape index (κ2) is 10.2. The second-order valence-electron chi connectivity index (χ2n) is 8.83. The van der Waals surface area contributed by atoms with Gasteiger partial charge in [0.1, 0.15) is 5.60 Å². The van der Waals surface area contributed by atoms with Crippen LogP contribution in [0, 0.1) is 11.8 Å². The molecule has 0 bridgehead atoms. The lowest BCUT2D eigenvalue weighted by Gasteiger charge is -2.34. The number of hydrogen-bond acceptors (Lipinski definition) is 4. The van der Waals surface area contributed by atoms with E-state index in [1.54, 1.807) is 54.6 Å². The van der Waals surface area contributed by atoms with E-state index in [1.807, 2.05) is 12.1 Å². The number of halogens is 1. The van der Waals surface area contributed by atoms with Crippen LogP contribution in [0.2, 0.25) is 5.02 Å². The molecule has 0 aliphatic heterocycles. The molecule has 35 heavy (non-hydrogen) atoms. The van der Waals surface area contributed by atoms with Crippen LogP contribution in [0.3, 0.4) is 0 Å². The molecule has 1 saturated carbocycles. The van der Waals surface area contributed by atoms with Crippen molar-refractivity contribution in [2.75, 3.05) is 11.1 Å². The zero-order chi connectivity index (χ0) is 25.0. The van der Waals surface area contributed by atoms with Crippen LogP contribution in [0.4, 0.5) is 11.4 Å². The van der Waals surface area contributed by atoms with Crippen molar-refractivity contribution in [1.82, 2.24) is 0 Å². The lowest BCUT2D eigenvalue weighted by Crippen LogP contribution is -2.33. The molecular formula is C28H26ClN3O3. The molecule has 6 nitrogen and oxygen atoms in total. The first-order valence-corrected chi connectivity index (χ1v) is 11.7. The number of aliphatic hydroxyl groups is 1. The quantitative estimate of drug-likeness (QED) is 0.314. The van der Waals surface area contributed by atoms with Crippen molar-refractivity contribution in [3.63, 3.8) is 0 Å². The van der Waals surface area contributed by atoms with Crippen LogP contribution in [0.15, 0.2) is 66.7 Å². The third-order valence-corrected chi connectivity index (χ3v) is 6.41. The number of benzene rings is 3. The average Bonchev–Trinajstić information content (AvgIpc) is 2.83. The summed E-state index contributed by atoms with van der Waals surface area (Å²) < 4.78 is 0. The minimum atomic E-state index is -1.22. The number of nitrogens with one attached hydrogen (secondary N) is 1. The summed E-state index contributed by atoms with van der Waals surface area (Å²) >= 11 is 6.04. The highest BCUT2D eigenvalue weighted by molar-refractivity contribution is 6.30. The number of anilines is 2. The molecule has 0 heterocycles. The third kappa shape index (κ3) is 6.02. The molecule has 4 rings (SSSR count). The van der Waals surface area contributed by atoms with Gasteiger partial charge in [0.05, 0.1) is 0 Å². The topological polar surface area (TPSA) is 118 Å². The highest BCUT2D eigenvalue weighted by Gasteiger charge is 2.35. The predicted molar refractivity (Wildman–Crippen MR) is 138 cm³/mol. The van der Waals surface area contributed by atoms with Gasteiger partial charge in [0, 0.05) is 33.1 Å². The highest BCUT2D eigenvalue weighted by Crippen LogP contribution is 2.40. The van der Waals surface area contributed by atoms with Crippen LogP contribution in [0.5, 0.6) is 0 Å². The number of nitrogens with two attached hydrogens (primary N) is 2. The summed E-state index contributed by atoms with van der Waals surface area (Å²) in [6.07, 6.45) is 2.36. The normalized spacial score (nSPS) is 19.3. The largest absolute Gasteiger partial charge is 0.399 e. The van der Waals surface area contributed by atoms with Crippen molar-refractivity contribution in [2.45, 2.75) is 37.2 Å². The van der Waals surface area contributed by atoms with Gasteiger partial charge in [0.2, 0.25) is 5.91 Å². The Labute approximate surface area is 209 Å². The molecular weight excluding hydrogens is 462 g/mol. The van der Waals surface area contributed by atoms with E-state index in [0.29, 0.717) is 45.9 Å². The summed E-state index contributed by atoms with van der Waals surface area (Å²) in [4.78, 5) is 24.8. The van der Waals surface area contributed by atoms with Gasteiger partial charge in [-0.3, -0.25) is 9.59 Å². The fourth-order valence-electron chi connectivity index (χ4n) is 4.43. The summed E-state index contributed by atoms with van der Waals surface area (Å²) in [5.41, 5.74) is 13.5. The van der Waals surface area contributed by atoms with Gasteiger partial charge in [-0.1, -0.05) is 29.5 Å². The Morgan fingerprint density at radius 3 is 2.57 bits per heavy atom. The molecule has 0 unspecified atom stereocenters. The fraction of sp³-hybridized carbons (Fsp3) is 0.214. The van der Waals surface area contributed by atoms with Crippen molar-refractivity contribution < 1.29 is 14.7 Å². The van der Waals surface area contributed by atoms with E-state index < -0.39 is 11.5 Å². The zero-order valence-electron chi connectivity index (χ0n) is 19.1. The minimum Gasteiger partial charge on any atom is -0.399 e. The van der Waals surface area contributed by atoms with Crippen molar-refractivity contribution in [2.24, 2.45) is 5.73 Å². The van der Waals surface area contributed by atoms with E-state index in [-0.39, 0.29) is 11.8 Å². The Balaban J connectivity index is 1.59. The molecule has 2 amide bonds. The molecule has 2 atom stereocenters. The summed E-state index contributed by atoms with van der Waals surface area (Å²) in [6.45, 7) is 0. The molecule has 1 aliphatic carbocycles. The molecule has 7 heteroatoms. The molecule has 1 fully saturated rings. The number of nitrogen functional groups attached to an aromatic ring is 1. The summed E-state index contributed by atoms with van der Waals surface area (Å²) in [7, 11) is 0. The Morgan fingerprint density at radius 1 is 1.09 bits per heavy atom. The van der Waals surface area contributed by atoms with Gasteiger partial charge >= 0.3 is 0 Å². The molecule has 0 aromatic heterocycles. The number of carbonyl (C=O) groups excluding carboxylic acids is 2. The van der Waals surface area contributed by atoms with Gasteiger partial charge < -0.3 is 21.9 Å². The van der Waals surface area contributed by atoms with E-state index in [1.165, 1.54) is 0 Å². The van der Waals surface area contributed by atoms with Gasteiger partial charge in [-0.05, 0) is 97.8 Å². The molecule has 178 valence electrons. The van der Waals surface area contributed by atoms with Crippen LogP contribution in [0.1, 0.15) is 63.4 Å². The monoisotopic (exact) mass is 487 g/mol. The van der Waals surface area contributed by atoms with Crippen molar-refractivity contribution in [3.05, 3.63) is 94.0 Å². The number of primary amides is 1. The van der Waals surface area contributed by atoms with Crippen LogP contribution >= 0.6 is 11.6 Å². The lowest BCUT2D eigenvalue weighted by molar-refractivity contribution is 0.0517. The van der Waals surface area contributed by atoms with Gasteiger partial charge in [-0.2, -0.15) is 0 Å². The molecule has 3 aromatic carbocycles. The van der Waals surface area contributed by atoms with E-state index in [0.717, 1.165) is 18.4 Å². The molecule has 1 aliphatic rings. The minimum absolute atomic E-state index is 0.154. The van der Waals surface area contributed by atoms with E-state index >= 15 is 0 Å². The van der Waals surface area contributed by atoms with Gasteiger partial charge in [0.25, 0.3) is 5.91 Å². The van der Waals surface area contributed by atoms with E-state index in [9.17, 15) is 14.7 Å². The standard InChI is InChI=1S/C28H26ClN3O3/c29-21-5-1-3-18(15-21)12-14-28(35)13-2-4-20(17-28)25-16-23(10-11-24(25)26(31)33)32-27(34)19-6-8-22(30)9-7-19/h1,3,5-11,15-16,20,35H,2,4,13,17,30H2,(H2,31,33)(H,32,34)/t20-,28+/m1/s1. The lowest BCUT2D eigenvalue weighted by atomic mass is 9.74. The van der Waals surface area contributed by atoms with Crippen LogP contribution in [0.25, 0.3) is 0 Å². The van der Waals surface area contributed by atoms with E-state index in [2.05, 4.69) is 17.2 Å². The maximum absolute atomic E-state index is 12.7. The third-order valence-electron chi connectivity index (χ3n) is 6.18. The number of amides is 2. The first kappa shape index (κ1) is 24.3. The van der Waals surface area contributed by atoms with Gasteiger partial charge in [0.15, 0.2) is 0 Å². The molecule has 0 spiro atoms. The van der Waals surface area contributed by atoms with E-state index in [4.69, 9.17) is 23.1 Å². The highest BCUT2D eigenvalue weighted by atomic mass is 35.5. The Morgan fingerprint density at radius 2 is 1.86 bits per heavy atom. The maximum atomic E-state index is 12.7. The first-order valence-electron chi connectivity index (χ1n) is 11.3. The first-order chi connectivity index (χ1) is 16.7. The van der Waals surface area contributed by atoms with Gasteiger partial charge in [-0.15, -0.1) is 0 Å². The smallest absolute Gasteiger partial charge is 0.255 e. The number of carbonyl (C=O) groups is 2. The van der Waals surface area contributed by atoms with Crippen molar-refractivity contribution >= 4 is 34.8 Å². The van der Waals surface area contributed by atoms with Crippen LogP contribution < -0.4 is 16.8 Å². The SMILES string of the molecule is NC(=O)c1ccc(NC(=O)c2ccc(N)cc2)cc1[C@@H]1CCC[C@](O)(C#Cc2cccc(Cl)c2)C1. The zero-order valence-corrected chi connectivity index (χ0v) is 19.8. The van der Waals surface area contributed by atoms with Gasteiger partial charge in [-0.25, -0.2) is 0 Å². The number of rotatable bonds is 4. The average molecular weight is 488 g/mol. The molecule has 6 N–H and O–H groups in total.